The van der Waals surface area contributed by atoms with Crippen LogP contribution in [-0.2, 0) is 4.79 Å². The highest BCUT2D eigenvalue weighted by Gasteiger charge is 2.06. The van der Waals surface area contributed by atoms with E-state index in [9.17, 15) is 14.3 Å². The molecule has 104 valence electrons. The highest BCUT2D eigenvalue weighted by Crippen LogP contribution is 2.05. The normalized spacial score (nSPS) is 14.3. The summed E-state index contributed by atoms with van der Waals surface area (Å²) in [4.78, 5) is 15.2. The van der Waals surface area contributed by atoms with Gasteiger partial charge in [-0.1, -0.05) is 6.92 Å². The molecule has 1 amide bonds. The molecule has 1 aromatic rings. The van der Waals surface area contributed by atoms with E-state index in [4.69, 9.17) is 0 Å². The van der Waals surface area contributed by atoms with Crippen LogP contribution in [0.2, 0.25) is 0 Å². The summed E-state index contributed by atoms with van der Waals surface area (Å²) in [7, 11) is 0. The van der Waals surface area contributed by atoms with Crippen LogP contribution in [0.15, 0.2) is 24.5 Å². The number of aliphatic hydroxyl groups is 1. The SMILES string of the molecule is CC(O)CC(C)CNC(=O)C=Cc1cncc(F)c1. The van der Waals surface area contributed by atoms with Crippen LogP contribution in [0.3, 0.4) is 0 Å². The summed E-state index contributed by atoms with van der Waals surface area (Å²) >= 11 is 0. The van der Waals surface area contributed by atoms with Crippen molar-refractivity contribution in [2.24, 2.45) is 5.92 Å². The second-order valence-electron chi connectivity index (χ2n) is 4.70. The molecule has 0 radical (unpaired) electrons. The molecule has 0 aliphatic rings. The molecule has 4 nitrogen and oxygen atoms in total. The number of carbonyl (C=O) groups excluding carboxylic acids is 1. The van der Waals surface area contributed by atoms with Crippen molar-refractivity contribution >= 4 is 12.0 Å². The van der Waals surface area contributed by atoms with Gasteiger partial charge >= 0.3 is 0 Å². The fourth-order valence-corrected chi connectivity index (χ4v) is 1.69. The highest BCUT2D eigenvalue weighted by molar-refractivity contribution is 5.91. The zero-order valence-corrected chi connectivity index (χ0v) is 11.1. The van der Waals surface area contributed by atoms with Gasteiger partial charge < -0.3 is 10.4 Å². The lowest BCUT2D eigenvalue weighted by molar-refractivity contribution is -0.116. The number of aromatic nitrogens is 1. The molecule has 19 heavy (non-hydrogen) atoms. The van der Waals surface area contributed by atoms with Crippen LogP contribution in [-0.4, -0.2) is 28.6 Å². The molecule has 0 aromatic carbocycles. The Kier molecular flexibility index (Phi) is 6.15. The number of nitrogens with zero attached hydrogens (tertiary/aromatic N) is 1. The van der Waals surface area contributed by atoms with Gasteiger partial charge in [0.25, 0.3) is 0 Å². The van der Waals surface area contributed by atoms with Gasteiger partial charge in [0.05, 0.1) is 12.3 Å². The Morgan fingerprint density at radius 1 is 1.53 bits per heavy atom. The van der Waals surface area contributed by atoms with Gasteiger partial charge in [0.15, 0.2) is 0 Å². The van der Waals surface area contributed by atoms with E-state index in [0.29, 0.717) is 18.5 Å². The Labute approximate surface area is 112 Å². The van der Waals surface area contributed by atoms with Crippen LogP contribution in [0, 0.1) is 11.7 Å². The van der Waals surface area contributed by atoms with E-state index in [0.717, 1.165) is 6.20 Å². The molecule has 0 aliphatic carbocycles. The fraction of sp³-hybridized carbons (Fsp3) is 0.429. The lowest BCUT2D eigenvalue weighted by atomic mass is 10.0. The summed E-state index contributed by atoms with van der Waals surface area (Å²) in [5.74, 6) is -0.483. The van der Waals surface area contributed by atoms with Crippen LogP contribution in [0.4, 0.5) is 4.39 Å². The van der Waals surface area contributed by atoms with E-state index in [1.807, 2.05) is 6.92 Å². The zero-order chi connectivity index (χ0) is 14.3. The van der Waals surface area contributed by atoms with Crippen molar-refractivity contribution < 1.29 is 14.3 Å². The third-order valence-electron chi connectivity index (χ3n) is 2.52. The standard InChI is InChI=1S/C14H19FN2O2/c1-10(5-11(2)18)7-17-14(19)4-3-12-6-13(15)9-16-8-12/h3-4,6,8-11,18H,5,7H2,1-2H3,(H,17,19). The summed E-state index contributed by atoms with van der Waals surface area (Å²) < 4.78 is 12.8. The predicted molar refractivity (Wildman–Crippen MR) is 71.7 cm³/mol. The highest BCUT2D eigenvalue weighted by atomic mass is 19.1. The van der Waals surface area contributed by atoms with E-state index in [1.165, 1.54) is 24.4 Å². The molecule has 1 rings (SSSR count). The minimum Gasteiger partial charge on any atom is -0.393 e. The van der Waals surface area contributed by atoms with Crippen molar-refractivity contribution in [2.45, 2.75) is 26.4 Å². The molecule has 0 spiro atoms. The van der Waals surface area contributed by atoms with Crippen molar-refractivity contribution in [1.82, 2.24) is 10.3 Å². The average Bonchev–Trinajstić information content (AvgIpc) is 2.33. The molecule has 0 aliphatic heterocycles. The number of halogens is 1. The first-order chi connectivity index (χ1) is 8.97. The predicted octanol–water partition coefficient (Wildman–Crippen LogP) is 1.76. The Morgan fingerprint density at radius 2 is 2.26 bits per heavy atom. The van der Waals surface area contributed by atoms with Gasteiger partial charge in [0.2, 0.25) is 5.91 Å². The molecule has 0 bridgehead atoms. The molecule has 2 atom stereocenters. The number of pyridine rings is 1. The summed E-state index contributed by atoms with van der Waals surface area (Å²) in [5, 5.41) is 11.9. The van der Waals surface area contributed by atoms with E-state index >= 15 is 0 Å². The topological polar surface area (TPSA) is 62.2 Å². The first-order valence-electron chi connectivity index (χ1n) is 6.22. The maximum atomic E-state index is 12.8. The molecule has 0 saturated heterocycles. The number of aliphatic hydroxyl groups excluding tert-OH is 1. The molecule has 0 fully saturated rings. The van der Waals surface area contributed by atoms with Crippen LogP contribution in [0.5, 0.6) is 0 Å². The Balaban J connectivity index is 2.39. The summed E-state index contributed by atoms with van der Waals surface area (Å²) in [5.41, 5.74) is 0.534. The number of hydrogen-bond donors (Lipinski definition) is 2. The van der Waals surface area contributed by atoms with Crippen molar-refractivity contribution in [2.75, 3.05) is 6.54 Å². The lowest BCUT2D eigenvalue weighted by Crippen LogP contribution is -2.27. The number of amides is 1. The van der Waals surface area contributed by atoms with Crippen LogP contribution in [0.25, 0.3) is 6.08 Å². The maximum absolute atomic E-state index is 12.8. The summed E-state index contributed by atoms with van der Waals surface area (Å²) in [6.45, 7) is 4.16. The van der Waals surface area contributed by atoms with Crippen molar-refractivity contribution in [3.8, 4) is 0 Å². The molecule has 0 saturated carbocycles. The van der Waals surface area contributed by atoms with Gasteiger partial charge in [-0.2, -0.15) is 0 Å². The molecular formula is C14H19FN2O2. The first-order valence-corrected chi connectivity index (χ1v) is 6.22. The Hall–Kier alpha value is -1.75. The minimum atomic E-state index is -0.437. The number of hydrogen-bond acceptors (Lipinski definition) is 3. The number of carbonyl (C=O) groups is 1. The zero-order valence-electron chi connectivity index (χ0n) is 11.1. The number of rotatable bonds is 6. The van der Waals surface area contributed by atoms with Gasteiger partial charge in [0.1, 0.15) is 5.82 Å². The van der Waals surface area contributed by atoms with Gasteiger partial charge in [-0.3, -0.25) is 9.78 Å². The maximum Gasteiger partial charge on any atom is 0.244 e. The first kappa shape index (κ1) is 15.3. The van der Waals surface area contributed by atoms with Gasteiger partial charge in [-0.15, -0.1) is 0 Å². The van der Waals surface area contributed by atoms with Crippen molar-refractivity contribution in [1.29, 1.82) is 0 Å². The van der Waals surface area contributed by atoms with Gasteiger partial charge in [-0.05, 0) is 37.0 Å². The number of nitrogens with one attached hydrogen (secondary N) is 1. The Morgan fingerprint density at radius 3 is 2.89 bits per heavy atom. The van der Waals surface area contributed by atoms with Crippen molar-refractivity contribution in [3.63, 3.8) is 0 Å². The molecular weight excluding hydrogens is 247 g/mol. The van der Waals surface area contributed by atoms with Crippen LogP contribution in [0.1, 0.15) is 25.8 Å². The quantitative estimate of drug-likeness (QED) is 0.771. The summed E-state index contributed by atoms with van der Waals surface area (Å²) in [6.07, 6.45) is 5.69. The van der Waals surface area contributed by atoms with E-state index in [2.05, 4.69) is 10.3 Å². The molecule has 2 N–H and O–H groups in total. The molecule has 2 unspecified atom stereocenters. The molecule has 1 aromatic heterocycles. The minimum absolute atomic E-state index is 0.202. The van der Waals surface area contributed by atoms with E-state index in [-0.39, 0.29) is 17.9 Å². The monoisotopic (exact) mass is 266 g/mol. The third-order valence-corrected chi connectivity index (χ3v) is 2.52. The van der Waals surface area contributed by atoms with E-state index in [1.54, 1.807) is 6.92 Å². The van der Waals surface area contributed by atoms with Crippen LogP contribution < -0.4 is 5.32 Å². The average molecular weight is 266 g/mol. The molecule has 5 heteroatoms. The van der Waals surface area contributed by atoms with Crippen LogP contribution >= 0.6 is 0 Å². The largest absolute Gasteiger partial charge is 0.393 e. The third kappa shape index (κ3) is 6.67. The summed E-state index contributed by atoms with van der Waals surface area (Å²) in [6, 6.07) is 1.30. The second-order valence-corrected chi connectivity index (χ2v) is 4.70. The smallest absolute Gasteiger partial charge is 0.244 e. The van der Waals surface area contributed by atoms with Crippen molar-refractivity contribution in [3.05, 3.63) is 35.9 Å². The lowest BCUT2D eigenvalue weighted by Gasteiger charge is -2.13. The van der Waals surface area contributed by atoms with E-state index < -0.39 is 5.82 Å². The van der Waals surface area contributed by atoms with Gasteiger partial charge in [0, 0.05) is 18.8 Å². The Bertz CT molecular complexity index is 447. The molecule has 1 heterocycles. The second kappa shape index (κ2) is 7.63. The van der Waals surface area contributed by atoms with Gasteiger partial charge in [-0.25, -0.2) is 4.39 Å². The fourth-order valence-electron chi connectivity index (χ4n) is 1.69.